The summed E-state index contributed by atoms with van der Waals surface area (Å²) in [5, 5.41) is 19.3. The molecular weight excluding hydrogens is 298 g/mol. The van der Waals surface area contributed by atoms with Gasteiger partial charge in [0.25, 0.3) is 0 Å². The number of allylic oxidation sites excluding steroid dienone is 4. The van der Waals surface area contributed by atoms with Gasteiger partial charge < -0.3 is 10.8 Å². The fourth-order valence-electron chi connectivity index (χ4n) is 2.60. The van der Waals surface area contributed by atoms with Crippen LogP contribution < -0.4 is 5.73 Å². The largest absolute Gasteiger partial charge is 0.383 e. The highest BCUT2D eigenvalue weighted by atomic mass is 35.5. The fraction of sp³-hybridized carbons (Fsp3) is 0.176. The zero-order valence-electron chi connectivity index (χ0n) is 11.9. The van der Waals surface area contributed by atoms with Crippen LogP contribution >= 0.6 is 11.6 Å². The molecule has 0 fully saturated rings. The van der Waals surface area contributed by atoms with Crippen molar-refractivity contribution in [2.24, 2.45) is 21.9 Å². The molecule has 3 rings (SSSR count). The van der Waals surface area contributed by atoms with E-state index in [4.69, 9.17) is 17.3 Å². The first-order chi connectivity index (χ1) is 10.6. The molecule has 0 radical (unpaired) electrons. The van der Waals surface area contributed by atoms with Crippen LogP contribution in [0.3, 0.4) is 0 Å². The number of nitrogens with zero attached hydrogens (tertiary/aromatic N) is 2. The quantitative estimate of drug-likeness (QED) is 0.900. The van der Waals surface area contributed by atoms with E-state index in [0.29, 0.717) is 5.02 Å². The van der Waals surface area contributed by atoms with E-state index >= 15 is 0 Å². The maximum atomic E-state index is 11.0. The topological polar surface area (TPSA) is 71.0 Å². The highest BCUT2D eigenvalue weighted by molar-refractivity contribution is 6.30. The van der Waals surface area contributed by atoms with E-state index in [1.807, 2.05) is 24.3 Å². The first-order valence-electron chi connectivity index (χ1n) is 6.99. The Bertz CT molecular complexity index is 686. The molecule has 0 aromatic heterocycles. The Kier molecular flexibility index (Phi) is 4.07. The lowest BCUT2D eigenvalue weighted by Gasteiger charge is -2.33. The van der Waals surface area contributed by atoms with Crippen LogP contribution in [0.15, 0.2) is 69.9 Å². The molecule has 0 bridgehead atoms. The van der Waals surface area contributed by atoms with E-state index in [1.54, 1.807) is 36.7 Å². The number of aliphatic hydroxyl groups is 1. The molecule has 0 amide bonds. The van der Waals surface area contributed by atoms with Crippen LogP contribution in [0.5, 0.6) is 0 Å². The van der Waals surface area contributed by atoms with E-state index in [2.05, 4.69) is 10.2 Å². The lowest BCUT2D eigenvalue weighted by molar-refractivity contribution is 0.0197. The van der Waals surface area contributed by atoms with Gasteiger partial charge in [0.15, 0.2) is 0 Å². The van der Waals surface area contributed by atoms with Crippen molar-refractivity contribution in [3.63, 3.8) is 0 Å². The van der Waals surface area contributed by atoms with Crippen LogP contribution in [0.4, 0.5) is 0 Å². The lowest BCUT2D eigenvalue weighted by atomic mass is 9.78. The Morgan fingerprint density at radius 2 is 1.64 bits per heavy atom. The standard InChI is InChI=1S/C17H16ClN3O/c18-16-7-5-15(6-8-16)17(22,11-19)14-3-1-12(2-4-14)13-9-20-21-10-13/h1-10,14,22H,11,19H2/t17-/m0/s1. The van der Waals surface area contributed by atoms with Crippen molar-refractivity contribution in [3.8, 4) is 0 Å². The second-order valence-corrected chi connectivity index (χ2v) is 5.72. The number of rotatable bonds is 3. The van der Waals surface area contributed by atoms with Crippen molar-refractivity contribution in [1.29, 1.82) is 0 Å². The molecule has 1 heterocycles. The predicted octanol–water partition coefficient (Wildman–Crippen LogP) is 2.60. The first kappa shape index (κ1) is 14.9. The Morgan fingerprint density at radius 3 is 2.18 bits per heavy atom. The minimum Gasteiger partial charge on any atom is -0.383 e. The SMILES string of the molecule is NC[C@@](O)(c1ccc(Cl)cc1)C1C=CC(=C2C=NN=C2)C=C1. The Hall–Kier alpha value is -2.01. The molecule has 1 aromatic carbocycles. The molecule has 22 heavy (non-hydrogen) atoms. The second-order valence-electron chi connectivity index (χ2n) is 5.28. The van der Waals surface area contributed by atoms with E-state index in [0.717, 1.165) is 16.7 Å². The van der Waals surface area contributed by atoms with Crippen molar-refractivity contribution in [2.45, 2.75) is 5.60 Å². The molecule has 1 aromatic rings. The van der Waals surface area contributed by atoms with Crippen LogP contribution in [0.1, 0.15) is 5.56 Å². The van der Waals surface area contributed by atoms with E-state index in [-0.39, 0.29) is 12.5 Å². The second kappa shape index (κ2) is 6.01. The van der Waals surface area contributed by atoms with Gasteiger partial charge in [-0.2, -0.15) is 10.2 Å². The zero-order chi connectivity index (χ0) is 15.6. The summed E-state index contributed by atoms with van der Waals surface area (Å²) in [5.74, 6) is -0.210. The number of halogens is 1. The molecular formula is C17H16ClN3O. The molecule has 0 unspecified atom stereocenters. The summed E-state index contributed by atoms with van der Waals surface area (Å²) in [4.78, 5) is 0. The highest BCUT2D eigenvalue weighted by Gasteiger charge is 2.35. The summed E-state index contributed by atoms with van der Waals surface area (Å²) in [6.07, 6.45) is 11.2. The van der Waals surface area contributed by atoms with Gasteiger partial charge in [0.05, 0.1) is 12.4 Å². The lowest BCUT2D eigenvalue weighted by Crippen LogP contribution is -2.41. The van der Waals surface area contributed by atoms with Crippen molar-refractivity contribution < 1.29 is 5.11 Å². The van der Waals surface area contributed by atoms with Gasteiger partial charge in [0, 0.05) is 23.1 Å². The van der Waals surface area contributed by atoms with Gasteiger partial charge in [0.1, 0.15) is 5.60 Å². The molecule has 2 aliphatic rings. The summed E-state index contributed by atoms with van der Waals surface area (Å²) < 4.78 is 0. The molecule has 0 saturated heterocycles. The van der Waals surface area contributed by atoms with Crippen LogP contribution in [0, 0.1) is 5.92 Å². The average Bonchev–Trinajstić information content (AvgIpc) is 3.09. The average molecular weight is 314 g/mol. The Morgan fingerprint density at radius 1 is 1.05 bits per heavy atom. The predicted molar refractivity (Wildman–Crippen MR) is 90.2 cm³/mol. The molecule has 1 atom stereocenters. The first-order valence-corrected chi connectivity index (χ1v) is 7.37. The third-order valence-corrected chi connectivity index (χ3v) is 4.22. The molecule has 5 heteroatoms. The molecule has 4 nitrogen and oxygen atoms in total. The Balaban J connectivity index is 1.90. The summed E-state index contributed by atoms with van der Waals surface area (Å²) in [7, 11) is 0. The molecule has 0 saturated carbocycles. The molecule has 112 valence electrons. The summed E-state index contributed by atoms with van der Waals surface area (Å²) in [6.45, 7) is 0.114. The molecule has 3 N–H and O–H groups in total. The molecule has 0 spiro atoms. The van der Waals surface area contributed by atoms with E-state index < -0.39 is 5.60 Å². The van der Waals surface area contributed by atoms with Gasteiger partial charge in [-0.25, -0.2) is 0 Å². The van der Waals surface area contributed by atoms with Crippen LogP contribution in [-0.2, 0) is 5.60 Å². The zero-order valence-corrected chi connectivity index (χ0v) is 12.6. The normalized spacial score (nSPS) is 22.4. The Labute approximate surface area is 134 Å². The van der Waals surface area contributed by atoms with Gasteiger partial charge in [0.2, 0.25) is 0 Å². The van der Waals surface area contributed by atoms with Crippen LogP contribution in [0.2, 0.25) is 5.02 Å². The van der Waals surface area contributed by atoms with Crippen molar-refractivity contribution in [2.75, 3.05) is 6.54 Å². The molecule has 1 aliphatic heterocycles. The summed E-state index contributed by atoms with van der Waals surface area (Å²) in [5.41, 5.74) is 7.41. The minimum absolute atomic E-state index is 0.114. The van der Waals surface area contributed by atoms with Gasteiger partial charge in [-0.05, 0) is 23.3 Å². The third-order valence-electron chi connectivity index (χ3n) is 3.97. The number of hydrogen-bond acceptors (Lipinski definition) is 4. The van der Waals surface area contributed by atoms with Crippen LogP contribution in [0.25, 0.3) is 0 Å². The van der Waals surface area contributed by atoms with Crippen molar-refractivity contribution >= 4 is 24.0 Å². The van der Waals surface area contributed by atoms with Gasteiger partial charge in [-0.3, -0.25) is 0 Å². The number of benzene rings is 1. The fourth-order valence-corrected chi connectivity index (χ4v) is 2.73. The van der Waals surface area contributed by atoms with Gasteiger partial charge in [-0.15, -0.1) is 0 Å². The minimum atomic E-state index is -1.16. The highest BCUT2D eigenvalue weighted by Crippen LogP contribution is 2.34. The third kappa shape index (κ3) is 2.68. The van der Waals surface area contributed by atoms with Crippen molar-refractivity contribution in [1.82, 2.24) is 0 Å². The summed E-state index contributed by atoms with van der Waals surface area (Å²) >= 11 is 5.91. The monoisotopic (exact) mass is 313 g/mol. The summed E-state index contributed by atoms with van der Waals surface area (Å²) in [6, 6.07) is 7.13. The maximum absolute atomic E-state index is 11.0. The van der Waals surface area contributed by atoms with Gasteiger partial charge in [-0.1, -0.05) is 48.0 Å². The number of hydrogen-bond donors (Lipinski definition) is 2. The van der Waals surface area contributed by atoms with Crippen molar-refractivity contribution in [3.05, 3.63) is 70.3 Å². The van der Waals surface area contributed by atoms with E-state index in [9.17, 15) is 5.11 Å². The van der Waals surface area contributed by atoms with E-state index in [1.165, 1.54) is 0 Å². The number of nitrogens with two attached hydrogens (primary N) is 1. The maximum Gasteiger partial charge on any atom is 0.111 e. The van der Waals surface area contributed by atoms with Gasteiger partial charge >= 0.3 is 0 Å². The molecule has 1 aliphatic carbocycles. The smallest absolute Gasteiger partial charge is 0.111 e. The van der Waals surface area contributed by atoms with Crippen LogP contribution in [-0.4, -0.2) is 24.1 Å².